The highest BCUT2D eigenvalue weighted by molar-refractivity contribution is 6.18. The van der Waals surface area contributed by atoms with Gasteiger partial charge in [0, 0.05) is 25.5 Å². The molecule has 3 rings (SSSR count). The van der Waals surface area contributed by atoms with Gasteiger partial charge in [0.05, 0.1) is 0 Å². The minimum Gasteiger partial charge on any atom is -0.301 e. The van der Waals surface area contributed by atoms with E-state index in [0.717, 1.165) is 30.2 Å². The third-order valence-electron chi connectivity index (χ3n) is 5.24. The molecule has 0 aromatic rings. The zero-order valence-corrected chi connectivity index (χ0v) is 9.76. The van der Waals surface area contributed by atoms with Gasteiger partial charge in [-0.15, -0.1) is 11.6 Å². The largest absolute Gasteiger partial charge is 0.301 e. The zero-order valence-electron chi connectivity index (χ0n) is 9.01. The Kier molecular flexibility index (Phi) is 2.11. The van der Waals surface area contributed by atoms with Crippen LogP contribution in [0.2, 0.25) is 0 Å². The maximum absolute atomic E-state index is 5.83. The maximum atomic E-state index is 5.83. The van der Waals surface area contributed by atoms with Crippen LogP contribution in [0, 0.1) is 23.2 Å². The average molecular weight is 214 g/mol. The molecule has 0 spiro atoms. The Morgan fingerprint density at radius 3 is 3.00 bits per heavy atom. The predicted molar refractivity (Wildman–Crippen MR) is 59.6 cm³/mol. The van der Waals surface area contributed by atoms with Crippen molar-refractivity contribution < 1.29 is 0 Å². The number of nitrogens with zero attached hydrogens (tertiary/aromatic N) is 1. The number of hydrogen-bond donors (Lipinski definition) is 0. The molecule has 0 radical (unpaired) electrons. The summed E-state index contributed by atoms with van der Waals surface area (Å²) in [7, 11) is 0. The van der Waals surface area contributed by atoms with E-state index in [1.54, 1.807) is 0 Å². The Balaban J connectivity index is 1.78. The standard InChI is InChI=1S/C12H20ClN/c1-12-8-14(5-4-13)7-11(12)9-2-3-10(12)6-9/h9-11H,2-8H2,1H3/t9-,10-,11-,12+/m1/s1. The van der Waals surface area contributed by atoms with Crippen molar-refractivity contribution in [2.24, 2.45) is 23.2 Å². The molecule has 0 N–H and O–H groups in total. The molecule has 3 fully saturated rings. The molecule has 1 nitrogen and oxygen atoms in total. The van der Waals surface area contributed by atoms with Crippen molar-refractivity contribution in [3.8, 4) is 0 Å². The Morgan fingerprint density at radius 2 is 2.29 bits per heavy atom. The maximum Gasteiger partial charge on any atom is 0.0351 e. The summed E-state index contributed by atoms with van der Waals surface area (Å²) in [4.78, 5) is 2.60. The fourth-order valence-corrected chi connectivity index (χ4v) is 4.78. The minimum absolute atomic E-state index is 0.662. The van der Waals surface area contributed by atoms with E-state index >= 15 is 0 Å². The van der Waals surface area contributed by atoms with Gasteiger partial charge in [-0.1, -0.05) is 6.92 Å². The highest BCUT2D eigenvalue weighted by Crippen LogP contribution is 2.62. The Bertz CT molecular complexity index is 242. The van der Waals surface area contributed by atoms with Crippen LogP contribution in [-0.4, -0.2) is 30.4 Å². The van der Waals surface area contributed by atoms with Crippen molar-refractivity contribution in [2.75, 3.05) is 25.5 Å². The molecular weight excluding hydrogens is 194 g/mol. The molecule has 80 valence electrons. The first-order valence-corrected chi connectivity index (χ1v) is 6.56. The van der Waals surface area contributed by atoms with Crippen LogP contribution >= 0.6 is 11.6 Å². The van der Waals surface area contributed by atoms with Crippen LogP contribution in [0.5, 0.6) is 0 Å². The minimum atomic E-state index is 0.662. The molecule has 0 aromatic carbocycles. The monoisotopic (exact) mass is 213 g/mol. The second-order valence-corrected chi connectivity index (χ2v) is 6.18. The summed E-state index contributed by atoms with van der Waals surface area (Å²) in [6.07, 6.45) is 4.56. The molecule has 2 saturated carbocycles. The molecule has 1 heterocycles. The van der Waals surface area contributed by atoms with Gasteiger partial charge in [0.1, 0.15) is 0 Å². The molecule has 1 aliphatic heterocycles. The van der Waals surface area contributed by atoms with E-state index in [-0.39, 0.29) is 0 Å². The fourth-order valence-electron chi connectivity index (χ4n) is 4.54. The molecular formula is C12H20ClN. The summed E-state index contributed by atoms with van der Waals surface area (Å²) in [6, 6.07) is 0. The summed E-state index contributed by atoms with van der Waals surface area (Å²) >= 11 is 5.83. The first kappa shape index (κ1) is 9.47. The van der Waals surface area contributed by atoms with Crippen molar-refractivity contribution in [2.45, 2.75) is 26.2 Å². The lowest BCUT2D eigenvalue weighted by Crippen LogP contribution is -2.33. The van der Waals surface area contributed by atoms with Gasteiger partial charge in [0.25, 0.3) is 0 Å². The fraction of sp³-hybridized carbons (Fsp3) is 1.00. The number of rotatable bonds is 2. The highest BCUT2D eigenvalue weighted by atomic mass is 35.5. The van der Waals surface area contributed by atoms with E-state index < -0.39 is 0 Å². The van der Waals surface area contributed by atoms with Crippen LogP contribution in [0.1, 0.15) is 26.2 Å². The number of fused-ring (bicyclic) bond motifs is 5. The summed E-state index contributed by atoms with van der Waals surface area (Å²) in [5, 5.41) is 0. The van der Waals surface area contributed by atoms with E-state index in [1.165, 1.54) is 32.4 Å². The summed E-state index contributed by atoms with van der Waals surface area (Å²) in [6.45, 7) is 6.30. The van der Waals surface area contributed by atoms with Crippen molar-refractivity contribution in [1.82, 2.24) is 4.90 Å². The van der Waals surface area contributed by atoms with Gasteiger partial charge in [-0.3, -0.25) is 0 Å². The summed E-state index contributed by atoms with van der Waals surface area (Å²) in [5.41, 5.74) is 0.662. The topological polar surface area (TPSA) is 3.24 Å². The van der Waals surface area contributed by atoms with Gasteiger partial charge in [-0.05, 0) is 42.4 Å². The van der Waals surface area contributed by atoms with Crippen molar-refractivity contribution in [1.29, 1.82) is 0 Å². The summed E-state index contributed by atoms with van der Waals surface area (Å²) < 4.78 is 0. The van der Waals surface area contributed by atoms with Crippen LogP contribution < -0.4 is 0 Å². The summed E-state index contributed by atoms with van der Waals surface area (Å²) in [5.74, 6) is 3.91. The molecule has 0 aromatic heterocycles. The molecule has 2 bridgehead atoms. The molecule has 1 saturated heterocycles. The molecule has 4 atom stereocenters. The third kappa shape index (κ3) is 1.12. The lowest BCUT2D eigenvalue weighted by Gasteiger charge is -2.34. The predicted octanol–water partition coefficient (Wildman–Crippen LogP) is 2.59. The van der Waals surface area contributed by atoms with Gasteiger partial charge in [0.15, 0.2) is 0 Å². The average Bonchev–Trinajstić information content (AvgIpc) is 2.74. The van der Waals surface area contributed by atoms with Crippen LogP contribution in [0.4, 0.5) is 0 Å². The number of halogens is 1. The number of hydrogen-bond acceptors (Lipinski definition) is 1. The van der Waals surface area contributed by atoms with Crippen molar-refractivity contribution in [3.63, 3.8) is 0 Å². The second-order valence-electron chi connectivity index (χ2n) is 5.81. The second kappa shape index (κ2) is 3.12. The van der Waals surface area contributed by atoms with Gasteiger partial charge < -0.3 is 4.90 Å². The van der Waals surface area contributed by atoms with Crippen LogP contribution in [-0.2, 0) is 0 Å². The molecule has 0 amide bonds. The Labute approximate surface area is 91.8 Å². The highest BCUT2D eigenvalue weighted by Gasteiger charge is 2.58. The zero-order chi connectivity index (χ0) is 9.76. The molecule has 0 unspecified atom stereocenters. The van der Waals surface area contributed by atoms with Gasteiger partial charge in [0.2, 0.25) is 0 Å². The van der Waals surface area contributed by atoms with E-state index in [0.29, 0.717) is 5.41 Å². The SMILES string of the molecule is C[C@@]12CN(CCCl)C[C@@H]1[C@@H]1CC[C@@H]2C1. The van der Waals surface area contributed by atoms with Crippen LogP contribution in [0.3, 0.4) is 0 Å². The van der Waals surface area contributed by atoms with Crippen LogP contribution in [0.25, 0.3) is 0 Å². The van der Waals surface area contributed by atoms with Gasteiger partial charge >= 0.3 is 0 Å². The quantitative estimate of drug-likeness (QED) is 0.638. The van der Waals surface area contributed by atoms with Crippen LogP contribution in [0.15, 0.2) is 0 Å². The lowest BCUT2D eigenvalue weighted by molar-refractivity contribution is 0.151. The third-order valence-corrected chi connectivity index (χ3v) is 5.41. The molecule has 2 aliphatic carbocycles. The van der Waals surface area contributed by atoms with Crippen molar-refractivity contribution in [3.05, 3.63) is 0 Å². The first-order chi connectivity index (χ1) is 6.74. The Hall–Kier alpha value is 0.250. The lowest BCUT2D eigenvalue weighted by atomic mass is 9.70. The van der Waals surface area contributed by atoms with Gasteiger partial charge in [-0.25, -0.2) is 0 Å². The van der Waals surface area contributed by atoms with E-state index in [4.69, 9.17) is 11.6 Å². The molecule has 14 heavy (non-hydrogen) atoms. The Morgan fingerprint density at radius 1 is 1.43 bits per heavy atom. The first-order valence-electron chi connectivity index (χ1n) is 6.02. The molecule has 3 aliphatic rings. The van der Waals surface area contributed by atoms with E-state index in [9.17, 15) is 0 Å². The number of alkyl halides is 1. The van der Waals surface area contributed by atoms with Crippen molar-refractivity contribution >= 4 is 11.6 Å². The molecule has 2 heteroatoms. The smallest absolute Gasteiger partial charge is 0.0351 e. The van der Waals surface area contributed by atoms with E-state index in [1.807, 2.05) is 0 Å². The number of likely N-dealkylation sites (tertiary alicyclic amines) is 1. The van der Waals surface area contributed by atoms with E-state index in [2.05, 4.69) is 11.8 Å². The normalized spacial score (nSPS) is 51.4. The van der Waals surface area contributed by atoms with Gasteiger partial charge in [-0.2, -0.15) is 0 Å².